The molecule has 0 amide bonds. The Morgan fingerprint density at radius 2 is 2.28 bits per heavy atom. The molecule has 2 aromatic heterocycles. The Balaban J connectivity index is 1.92. The van der Waals surface area contributed by atoms with Gasteiger partial charge in [0.25, 0.3) is 0 Å². The molecule has 25 heavy (non-hydrogen) atoms. The molecule has 1 N–H and O–H groups in total. The van der Waals surface area contributed by atoms with Crippen LogP contribution in [0.4, 0.5) is 0 Å². The van der Waals surface area contributed by atoms with Gasteiger partial charge in [0, 0.05) is 18.0 Å². The molecule has 0 bridgehead atoms. The third kappa shape index (κ3) is 3.68. The second-order valence-corrected chi connectivity index (χ2v) is 8.70. The Morgan fingerprint density at radius 1 is 1.48 bits per heavy atom. The summed E-state index contributed by atoms with van der Waals surface area (Å²) in [6.07, 6.45) is 4.34. The van der Waals surface area contributed by atoms with E-state index in [4.69, 9.17) is 4.52 Å². The van der Waals surface area contributed by atoms with Gasteiger partial charge in [-0.05, 0) is 43.4 Å². The van der Waals surface area contributed by atoms with E-state index in [1.165, 1.54) is 15.6 Å². The summed E-state index contributed by atoms with van der Waals surface area (Å²) in [5.41, 5.74) is 0.267. The third-order valence-corrected chi connectivity index (χ3v) is 6.97. The van der Waals surface area contributed by atoms with E-state index in [0.29, 0.717) is 19.4 Å². The van der Waals surface area contributed by atoms with E-state index in [2.05, 4.69) is 5.16 Å². The molecule has 9 heteroatoms. The molecule has 0 radical (unpaired) electrons. The SMILES string of the molecule is Cc1noc(/C=C/c2cccs2)c1S(=O)(=O)N1CCCC(C(=O)O)C1. The van der Waals surface area contributed by atoms with E-state index < -0.39 is 21.9 Å². The highest BCUT2D eigenvalue weighted by Crippen LogP contribution is 2.29. The highest BCUT2D eigenvalue weighted by Gasteiger charge is 2.36. The van der Waals surface area contributed by atoms with Gasteiger partial charge in [0.05, 0.1) is 5.92 Å². The number of aryl methyl sites for hydroxylation is 1. The maximum absolute atomic E-state index is 13.0. The summed E-state index contributed by atoms with van der Waals surface area (Å²) in [4.78, 5) is 12.2. The maximum Gasteiger partial charge on any atom is 0.307 e. The lowest BCUT2D eigenvalue weighted by Gasteiger charge is -2.29. The minimum Gasteiger partial charge on any atom is -0.481 e. The van der Waals surface area contributed by atoms with Gasteiger partial charge in [0.15, 0.2) is 10.7 Å². The maximum atomic E-state index is 13.0. The summed E-state index contributed by atoms with van der Waals surface area (Å²) in [6, 6.07) is 3.80. The molecule has 7 nitrogen and oxygen atoms in total. The van der Waals surface area contributed by atoms with Crippen LogP contribution in [0.5, 0.6) is 0 Å². The zero-order valence-electron chi connectivity index (χ0n) is 13.6. The molecule has 1 fully saturated rings. The van der Waals surface area contributed by atoms with E-state index in [1.54, 1.807) is 19.1 Å². The van der Waals surface area contributed by atoms with Crippen molar-refractivity contribution in [2.75, 3.05) is 13.1 Å². The molecule has 0 spiro atoms. The van der Waals surface area contributed by atoms with Crippen molar-refractivity contribution in [3.63, 3.8) is 0 Å². The van der Waals surface area contributed by atoms with Gasteiger partial charge in [-0.1, -0.05) is 11.2 Å². The van der Waals surface area contributed by atoms with Crippen LogP contribution in [0.15, 0.2) is 26.9 Å². The van der Waals surface area contributed by atoms with Crippen molar-refractivity contribution in [2.24, 2.45) is 5.92 Å². The fraction of sp³-hybridized carbons (Fsp3) is 0.375. The standard InChI is InChI=1S/C16H18N2O5S2/c1-11-15(14(23-17-11)7-6-13-5-3-9-24-13)25(21,22)18-8-2-4-12(10-18)16(19)20/h3,5-7,9,12H,2,4,8,10H2,1H3,(H,19,20)/b7-6+. The zero-order chi connectivity index (χ0) is 18.0. The van der Waals surface area contributed by atoms with Crippen LogP contribution in [-0.4, -0.2) is 42.0 Å². The van der Waals surface area contributed by atoms with E-state index in [-0.39, 0.29) is 22.9 Å². The van der Waals surface area contributed by atoms with E-state index in [9.17, 15) is 18.3 Å². The first-order chi connectivity index (χ1) is 11.9. The highest BCUT2D eigenvalue weighted by atomic mass is 32.2. The normalized spacial score (nSPS) is 19.5. The quantitative estimate of drug-likeness (QED) is 0.853. The topological polar surface area (TPSA) is 101 Å². The summed E-state index contributed by atoms with van der Waals surface area (Å²) >= 11 is 1.52. The second kappa shape index (κ2) is 7.11. The minimum atomic E-state index is -3.87. The molecular formula is C16H18N2O5S2. The van der Waals surface area contributed by atoms with Crippen molar-refractivity contribution in [1.29, 1.82) is 0 Å². The average Bonchev–Trinajstić information content (AvgIpc) is 3.22. The van der Waals surface area contributed by atoms with Crippen molar-refractivity contribution < 1.29 is 22.8 Å². The number of rotatable bonds is 5. The molecule has 0 aromatic carbocycles. The Hall–Kier alpha value is -1.97. The van der Waals surface area contributed by atoms with Crippen LogP contribution in [0.25, 0.3) is 12.2 Å². The van der Waals surface area contributed by atoms with Crippen molar-refractivity contribution >= 4 is 39.5 Å². The Bertz CT molecular complexity index is 884. The third-order valence-electron chi connectivity index (χ3n) is 4.11. The summed E-state index contributed by atoms with van der Waals surface area (Å²) in [6.45, 7) is 1.83. The zero-order valence-corrected chi connectivity index (χ0v) is 15.2. The minimum absolute atomic E-state index is 0.00587. The molecule has 3 heterocycles. The van der Waals surface area contributed by atoms with Crippen LogP contribution >= 0.6 is 11.3 Å². The van der Waals surface area contributed by atoms with Gasteiger partial charge >= 0.3 is 5.97 Å². The molecule has 0 saturated carbocycles. The number of hydrogen-bond acceptors (Lipinski definition) is 6. The van der Waals surface area contributed by atoms with Gasteiger partial charge in [-0.3, -0.25) is 4.79 Å². The molecule has 1 atom stereocenters. The first-order valence-electron chi connectivity index (χ1n) is 7.80. The number of carboxylic acids is 1. The highest BCUT2D eigenvalue weighted by molar-refractivity contribution is 7.89. The van der Waals surface area contributed by atoms with Crippen molar-refractivity contribution in [3.05, 3.63) is 33.8 Å². The smallest absolute Gasteiger partial charge is 0.307 e. The molecule has 3 rings (SSSR count). The van der Waals surface area contributed by atoms with Crippen molar-refractivity contribution in [1.82, 2.24) is 9.46 Å². The monoisotopic (exact) mass is 382 g/mol. The lowest BCUT2D eigenvalue weighted by Crippen LogP contribution is -2.42. The average molecular weight is 382 g/mol. The van der Waals surface area contributed by atoms with Gasteiger partial charge in [0.2, 0.25) is 10.0 Å². The van der Waals surface area contributed by atoms with Gasteiger partial charge in [-0.15, -0.1) is 11.3 Å². The molecule has 2 aromatic rings. The van der Waals surface area contributed by atoms with E-state index in [1.807, 2.05) is 17.5 Å². The first kappa shape index (κ1) is 17.8. The van der Waals surface area contributed by atoms with Crippen LogP contribution < -0.4 is 0 Å². The molecule has 1 aliphatic rings. The number of carbonyl (C=O) groups is 1. The number of carboxylic acid groups (broad SMARTS) is 1. The molecule has 1 saturated heterocycles. The van der Waals surface area contributed by atoms with Gasteiger partial charge in [-0.2, -0.15) is 4.31 Å². The summed E-state index contributed by atoms with van der Waals surface area (Å²) in [5.74, 6) is -1.50. The Kier molecular flexibility index (Phi) is 5.07. The molecule has 1 aliphatic heterocycles. The number of hydrogen-bond donors (Lipinski definition) is 1. The summed E-state index contributed by atoms with van der Waals surface area (Å²) in [7, 11) is -3.87. The van der Waals surface area contributed by atoms with Gasteiger partial charge < -0.3 is 9.63 Å². The van der Waals surface area contributed by atoms with Gasteiger partial charge in [-0.25, -0.2) is 8.42 Å². The van der Waals surface area contributed by atoms with Crippen LogP contribution in [0.3, 0.4) is 0 Å². The number of aromatic nitrogens is 1. The second-order valence-electron chi connectivity index (χ2n) is 5.85. The Morgan fingerprint density at radius 3 is 2.96 bits per heavy atom. The molecule has 1 unspecified atom stereocenters. The first-order valence-corrected chi connectivity index (χ1v) is 10.1. The largest absolute Gasteiger partial charge is 0.481 e. The van der Waals surface area contributed by atoms with E-state index in [0.717, 1.165) is 4.88 Å². The molecule has 0 aliphatic carbocycles. The van der Waals surface area contributed by atoms with Crippen LogP contribution in [0.2, 0.25) is 0 Å². The van der Waals surface area contributed by atoms with Gasteiger partial charge in [0.1, 0.15) is 5.69 Å². The number of nitrogens with zero attached hydrogens (tertiary/aromatic N) is 2. The molecular weight excluding hydrogens is 364 g/mol. The van der Waals surface area contributed by atoms with Crippen LogP contribution in [-0.2, 0) is 14.8 Å². The van der Waals surface area contributed by atoms with Crippen molar-refractivity contribution in [3.8, 4) is 0 Å². The lowest BCUT2D eigenvalue weighted by molar-refractivity contribution is -0.142. The lowest BCUT2D eigenvalue weighted by atomic mass is 10.0. The summed E-state index contributed by atoms with van der Waals surface area (Å²) in [5, 5.41) is 14.9. The Labute approximate surface area is 149 Å². The predicted octanol–water partition coefficient (Wildman–Crippen LogP) is 2.70. The van der Waals surface area contributed by atoms with Crippen molar-refractivity contribution in [2.45, 2.75) is 24.7 Å². The predicted molar refractivity (Wildman–Crippen MR) is 93.6 cm³/mol. The number of piperidine rings is 1. The van der Waals surface area contributed by atoms with E-state index >= 15 is 0 Å². The number of thiophene rings is 1. The molecule has 134 valence electrons. The van der Waals surface area contributed by atoms with Crippen LogP contribution in [0, 0.1) is 12.8 Å². The fourth-order valence-corrected chi connectivity index (χ4v) is 5.23. The van der Waals surface area contributed by atoms with Crippen LogP contribution in [0.1, 0.15) is 29.2 Å². The number of sulfonamides is 1. The fourth-order valence-electron chi connectivity index (χ4n) is 2.83. The summed E-state index contributed by atoms with van der Waals surface area (Å²) < 4.78 is 32.5. The number of aliphatic carboxylic acids is 1.